The number of nitrogen functional groups attached to an aromatic ring is 3. The Hall–Kier alpha value is -3.76. The fraction of sp³-hybridized carbons (Fsp3) is 0.0769. The van der Waals surface area contributed by atoms with E-state index >= 15 is 0 Å². The number of rotatable bonds is 0. The van der Waals surface area contributed by atoms with Gasteiger partial charge in [-0.25, -0.2) is 19.9 Å². The first-order valence-corrected chi connectivity index (χ1v) is 6.53. The van der Waals surface area contributed by atoms with Crippen molar-refractivity contribution in [1.29, 1.82) is 0 Å². The third-order valence-electron chi connectivity index (χ3n) is 2.16. The van der Waals surface area contributed by atoms with Crippen molar-refractivity contribution in [3.63, 3.8) is 0 Å². The van der Waals surface area contributed by atoms with Crippen LogP contribution in [0.5, 0.6) is 0 Å². The molecule has 3 aromatic heterocycles. The lowest BCUT2D eigenvalue weighted by Crippen LogP contribution is -2.09. The van der Waals surface area contributed by atoms with Crippen LogP contribution in [0.15, 0.2) is 46.4 Å². The number of hydrogen-bond acceptors (Lipinski definition) is 9. The molecule has 3 rings (SSSR count). The van der Waals surface area contributed by atoms with Gasteiger partial charge in [-0.3, -0.25) is 19.6 Å². The van der Waals surface area contributed by atoms with E-state index in [1.807, 2.05) is 0 Å². The van der Waals surface area contributed by atoms with E-state index in [9.17, 15) is 9.59 Å². The predicted octanol–water partition coefficient (Wildman–Crippen LogP) is -0.929. The van der Waals surface area contributed by atoms with Crippen LogP contribution in [0.2, 0.25) is 0 Å². The van der Waals surface area contributed by atoms with Gasteiger partial charge in [0.15, 0.2) is 5.95 Å². The highest BCUT2D eigenvalue weighted by atomic mass is 16.1. The van der Waals surface area contributed by atoms with Crippen LogP contribution < -0.4 is 28.3 Å². The average molecular weight is 331 g/mol. The molecule has 0 aliphatic rings. The van der Waals surface area contributed by atoms with Crippen molar-refractivity contribution in [2.75, 3.05) is 17.2 Å². The number of nitrogens with one attached hydrogen (secondary N) is 2. The monoisotopic (exact) mass is 331 g/mol. The number of hydrogen-bond donors (Lipinski definition) is 5. The molecule has 0 amide bonds. The molecule has 11 nitrogen and oxygen atoms in total. The van der Waals surface area contributed by atoms with Crippen LogP contribution in [0.4, 0.5) is 17.8 Å². The molecule has 3 aromatic rings. The maximum atomic E-state index is 10.5. The van der Waals surface area contributed by atoms with E-state index in [2.05, 4.69) is 29.9 Å². The minimum atomic E-state index is -0.225. The molecule has 24 heavy (non-hydrogen) atoms. The Morgan fingerprint density at radius 3 is 1.88 bits per heavy atom. The van der Waals surface area contributed by atoms with Crippen molar-refractivity contribution in [2.24, 2.45) is 0 Å². The lowest BCUT2D eigenvalue weighted by molar-refractivity contribution is 1.08. The first-order chi connectivity index (χ1) is 11.4. The van der Waals surface area contributed by atoms with E-state index in [0.717, 1.165) is 0 Å². The number of aryl methyl sites for hydroxylation is 1. The van der Waals surface area contributed by atoms with Gasteiger partial charge in [0.2, 0.25) is 11.9 Å². The topological polar surface area (TPSA) is 195 Å². The van der Waals surface area contributed by atoms with E-state index in [1.54, 1.807) is 25.4 Å². The Labute approximate surface area is 136 Å². The van der Waals surface area contributed by atoms with Gasteiger partial charge in [-0.15, -0.1) is 0 Å². The first-order valence-electron chi connectivity index (χ1n) is 6.53. The zero-order chi connectivity index (χ0) is 17.9. The van der Waals surface area contributed by atoms with Crippen LogP contribution in [0.1, 0.15) is 5.69 Å². The molecule has 0 aliphatic heterocycles. The van der Waals surface area contributed by atoms with E-state index in [0.29, 0.717) is 11.6 Å². The zero-order valence-electron chi connectivity index (χ0n) is 12.8. The number of nitrogens with two attached hydrogens (primary N) is 3. The second kappa shape index (κ2) is 9.30. The van der Waals surface area contributed by atoms with Crippen molar-refractivity contribution in [2.45, 2.75) is 6.92 Å². The van der Waals surface area contributed by atoms with Crippen LogP contribution in [0.25, 0.3) is 0 Å². The zero-order valence-corrected chi connectivity index (χ0v) is 12.8. The Bertz CT molecular complexity index is 838. The molecule has 0 fully saturated rings. The summed E-state index contributed by atoms with van der Waals surface area (Å²) in [5, 5.41) is 0. The average Bonchev–Trinajstić information content (AvgIpc) is 2.47. The summed E-state index contributed by atoms with van der Waals surface area (Å²) in [5.74, 6) is 0.639. The number of H-pyrrole nitrogens is 2. The van der Waals surface area contributed by atoms with Gasteiger partial charge < -0.3 is 17.2 Å². The second-order valence-electron chi connectivity index (χ2n) is 4.20. The van der Waals surface area contributed by atoms with Crippen molar-refractivity contribution >= 4 is 17.8 Å². The summed E-state index contributed by atoms with van der Waals surface area (Å²) in [4.78, 5) is 40.1. The standard InChI is InChI=1S/C5H7N3O.C4H5N3O.C4H5N3/c1-3-2-4(9)8-5(6)7-3;5-4-6-2-1-3(8)7-4;5-4-6-2-1-3-7-4/h2H,1H3,(H3,6,7,8,9);1-2H,(H3,5,6,7,8);1-3H,(H2,5,6,7). The van der Waals surface area contributed by atoms with Crippen LogP contribution in [0.3, 0.4) is 0 Å². The molecule has 0 aliphatic carbocycles. The van der Waals surface area contributed by atoms with Gasteiger partial charge in [-0.1, -0.05) is 0 Å². The van der Waals surface area contributed by atoms with Crippen LogP contribution in [-0.4, -0.2) is 29.9 Å². The summed E-state index contributed by atoms with van der Waals surface area (Å²) < 4.78 is 0. The Morgan fingerprint density at radius 1 is 0.875 bits per heavy atom. The number of aromatic nitrogens is 6. The first kappa shape index (κ1) is 18.3. The molecule has 3 heterocycles. The van der Waals surface area contributed by atoms with E-state index in [4.69, 9.17) is 17.2 Å². The largest absolute Gasteiger partial charge is 0.369 e. The molecule has 0 spiro atoms. The van der Waals surface area contributed by atoms with E-state index in [-0.39, 0.29) is 23.0 Å². The highest BCUT2D eigenvalue weighted by Gasteiger charge is 1.89. The lowest BCUT2D eigenvalue weighted by Gasteiger charge is -1.90. The molecule has 0 unspecified atom stereocenters. The third-order valence-corrected chi connectivity index (χ3v) is 2.16. The summed E-state index contributed by atoms with van der Waals surface area (Å²) in [6, 6.07) is 4.41. The second-order valence-corrected chi connectivity index (χ2v) is 4.20. The molecular weight excluding hydrogens is 314 g/mol. The van der Waals surface area contributed by atoms with Gasteiger partial charge in [0.25, 0.3) is 11.1 Å². The van der Waals surface area contributed by atoms with Crippen molar-refractivity contribution in [3.05, 3.63) is 63.2 Å². The van der Waals surface area contributed by atoms with Gasteiger partial charge >= 0.3 is 0 Å². The van der Waals surface area contributed by atoms with Gasteiger partial charge in [0.05, 0.1) is 0 Å². The summed E-state index contributed by atoms with van der Waals surface area (Å²) in [6.45, 7) is 1.71. The Kier molecular flexibility index (Phi) is 7.08. The third kappa shape index (κ3) is 7.87. The summed E-state index contributed by atoms with van der Waals surface area (Å²) in [6.07, 6.45) is 4.55. The van der Waals surface area contributed by atoms with E-state index in [1.165, 1.54) is 18.3 Å². The van der Waals surface area contributed by atoms with Crippen molar-refractivity contribution in [1.82, 2.24) is 29.9 Å². The lowest BCUT2D eigenvalue weighted by atomic mass is 10.5. The van der Waals surface area contributed by atoms with E-state index < -0.39 is 0 Å². The Morgan fingerprint density at radius 2 is 1.50 bits per heavy atom. The summed E-state index contributed by atoms with van der Waals surface area (Å²) >= 11 is 0. The molecule has 0 bridgehead atoms. The minimum absolute atomic E-state index is 0.150. The van der Waals surface area contributed by atoms with Gasteiger partial charge in [-0.05, 0) is 13.0 Å². The smallest absolute Gasteiger partial charge is 0.252 e. The maximum Gasteiger partial charge on any atom is 0.252 e. The molecule has 8 N–H and O–H groups in total. The van der Waals surface area contributed by atoms with Crippen molar-refractivity contribution < 1.29 is 0 Å². The minimum Gasteiger partial charge on any atom is -0.369 e. The van der Waals surface area contributed by atoms with Gasteiger partial charge in [0.1, 0.15) is 0 Å². The quantitative estimate of drug-likeness (QED) is 0.345. The maximum absolute atomic E-state index is 10.5. The number of anilines is 3. The molecule has 11 heteroatoms. The molecule has 0 atom stereocenters. The fourth-order valence-electron chi connectivity index (χ4n) is 1.30. The van der Waals surface area contributed by atoms with Crippen LogP contribution >= 0.6 is 0 Å². The SMILES string of the molecule is Cc1cc(=O)[nH]c(N)n1.Nc1nccc(=O)[nH]1.Nc1ncccn1. The number of aromatic amines is 2. The van der Waals surface area contributed by atoms with Gasteiger partial charge in [-0.2, -0.15) is 0 Å². The molecule has 0 saturated carbocycles. The molecule has 0 aromatic carbocycles. The number of nitrogens with zero attached hydrogens (tertiary/aromatic N) is 4. The molecule has 0 radical (unpaired) electrons. The summed E-state index contributed by atoms with van der Waals surface area (Å²) in [5.41, 5.74) is 15.6. The highest BCUT2D eigenvalue weighted by Crippen LogP contribution is 1.86. The predicted molar refractivity (Wildman–Crippen MR) is 89.7 cm³/mol. The summed E-state index contributed by atoms with van der Waals surface area (Å²) in [7, 11) is 0. The fourth-order valence-corrected chi connectivity index (χ4v) is 1.30. The van der Waals surface area contributed by atoms with Crippen molar-refractivity contribution in [3.8, 4) is 0 Å². The molecule has 126 valence electrons. The normalized spacial score (nSPS) is 9.04. The Balaban J connectivity index is 0.000000181. The highest BCUT2D eigenvalue weighted by molar-refractivity contribution is 5.16. The molecule has 0 saturated heterocycles. The van der Waals surface area contributed by atoms with Crippen LogP contribution in [0, 0.1) is 6.92 Å². The van der Waals surface area contributed by atoms with Gasteiger partial charge in [0, 0.05) is 36.4 Å². The molecular formula is C13H17N9O2. The van der Waals surface area contributed by atoms with Crippen LogP contribution in [-0.2, 0) is 0 Å².